The van der Waals surface area contributed by atoms with Gasteiger partial charge < -0.3 is 0 Å². The van der Waals surface area contributed by atoms with Crippen molar-refractivity contribution in [2.75, 3.05) is 5.75 Å². The Bertz CT molecular complexity index is 597. The lowest BCUT2D eigenvalue weighted by Crippen LogP contribution is -1.98. The van der Waals surface area contributed by atoms with Gasteiger partial charge in [-0.3, -0.25) is 0 Å². The maximum Gasteiger partial charge on any atom is 0.188 e. The zero-order valence-corrected chi connectivity index (χ0v) is 14.6. The first-order chi connectivity index (χ1) is 9.99. The molecule has 0 saturated heterocycles. The minimum atomic E-state index is 0.425. The normalized spacial score (nSPS) is 18.7. The van der Waals surface area contributed by atoms with Crippen LogP contribution in [0.5, 0.6) is 0 Å². The molecule has 2 rings (SSSR count). The zero-order chi connectivity index (χ0) is 15.4. The minimum Gasteiger partial charge on any atom is -0.228 e. The Hall–Kier alpha value is -1.06. The summed E-state index contributed by atoms with van der Waals surface area (Å²) >= 11 is 8.10. The lowest BCUT2D eigenvalue weighted by molar-refractivity contribution is 0.901. The number of hydrogen-bond donors (Lipinski definition) is 0. The van der Waals surface area contributed by atoms with Crippen LogP contribution in [0.1, 0.15) is 31.7 Å². The Morgan fingerprint density at radius 3 is 2.52 bits per heavy atom. The van der Waals surface area contributed by atoms with E-state index in [-0.39, 0.29) is 0 Å². The van der Waals surface area contributed by atoms with Gasteiger partial charge >= 0.3 is 0 Å². The molecule has 1 aromatic heterocycles. The van der Waals surface area contributed by atoms with Gasteiger partial charge in [-0.1, -0.05) is 49.4 Å². The molecule has 1 unspecified atom stereocenters. The van der Waals surface area contributed by atoms with Crippen molar-refractivity contribution in [3.05, 3.63) is 51.9 Å². The first-order valence-corrected chi connectivity index (χ1v) is 8.59. The van der Waals surface area contributed by atoms with Gasteiger partial charge in [-0.25, -0.2) is 9.97 Å². The second-order valence-electron chi connectivity index (χ2n) is 5.31. The van der Waals surface area contributed by atoms with Gasteiger partial charge in [-0.05, 0) is 49.5 Å². The van der Waals surface area contributed by atoms with Crippen molar-refractivity contribution < 1.29 is 0 Å². The number of aryl methyl sites for hydroxylation is 2. The van der Waals surface area contributed by atoms with E-state index in [0.717, 1.165) is 33.8 Å². The predicted octanol–water partition coefficient (Wildman–Crippen LogP) is 5.22. The van der Waals surface area contributed by atoms with Crippen molar-refractivity contribution in [2.24, 2.45) is 5.92 Å². The second-order valence-corrected chi connectivity index (χ2v) is 6.66. The Kier molecular flexibility index (Phi) is 5.65. The van der Waals surface area contributed by atoms with Gasteiger partial charge in [-0.15, -0.1) is 0 Å². The van der Waals surface area contributed by atoms with Crippen molar-refractivity contribution in [3.8, 4) is 0 Å². The molecule has 1 heterocycles. The number of aromatic nitrogens is 2. The van der Waals surface area contributed by atoms with E-state index < -0.39 is 0 Å². The lowest BCUT2D eigenvalue weighted by atomic mass is 10.0. The fraction of sp³-hybridized carbons (Fsp3) is 0.412. The van der Waals surface area contributed by atoms with E-state index in [0.29, 0.717) is 5.92 Å². The molecular formula is C17H21ClN2S. The number of halogens is 1. The van der Waals surface area contributed by atoms with Crippen LogP contribution in [0.25, 0.3) is 0 Å². The molecule has 1 aromatic rings. The van der Waals surface area contributed by atoms with Crippen LogP contribution < -0.4 is 0 Å². The van der Waals surface area contributed by atoms with Crippen molar-refractivity contribution in [1.29, 1.82) is 0 Å². The van der Waals surface area contributed by atoms with Crippen LogP contribution >= 0.6 is 23.4 Å². The van der Waals surface area contributed by atoms with Crippen LogP contribution in [0, 0.1) is 19.8 Å². The molecule has 1 aliphatic rings. The molecule has 0 spiro atoms. The molecule has 0 fully saturated rings. The smallest absolute Gasteiger partial charge is 0.188 e. The summed E-state index contributed by atoms with van der Waals surface area (Å²) < 4.78 is 0. The highest BCUT2D eigenvalue weighted by atomic mass is 35.5. The topological polar surface area (TPSA) is 25.8 Å². The molecule has 0 amide bonds. The van der Waals surface area contributed by atoms with Gasteiger partial charge in [0, 0.05) is 22.2 Å². The summed E-state index contributed by atoms with van der Waals surface area (Å²) in [4.78, 5) is 8.96. The van der Waals surface area contributed by atoms with Gasteiger partial charge in [0.2, 0.25) is 0 Å². The van der Waals surface area contributed by atoms with E-state index in [9.17, 15) is 0 Å². The molecule has 21 heavy (non-hydrogen) atoms. The largest absolute Gasteiger partial charge is 0.228 e. The number of thioether (sulfide) groups is 1. The molecule has 0 aromatic carbocycles. The zero-order valence-electron chi connectivity index (χ0n) is 13.0. The maximum absolute atomic E-state index is 6.45. The molecular weight excluding hydrogens is 300 g/mol. The van der Waals surface area contributed by atoms with Crippen LogP contribution in [0.3, 0.4) is 0 Å². The van der Waals surface area contributed by atoms with Crippen LogP contribution in [-0.4, -0.2) is 15.7 Å². The van der Waals surface area contributed by atoms with Crippen LogP contribution in [-0.2, 0) is 0 Å². The third-order valence-electron chi connectivity index (χ3n) is 3.37. The molecule has 0 aliphatic heterocycles. The summed E-state index contributed by atoms with van der Waals surface area (Å²) in [6.45, 7) is 8.35. The van der Waals surface area contributed by atoms with Crippen LogP contribution in [0.2, 0.25) is 0 Å². The Balaban J connectivity index is 2.20. The molecule has 0 N–H and O–H groups in total. The number of nitrogens with zero attached hydrogens (tertiary/aromatic N) is 2. The summed E-state index contributed by atoms with van der Waals surface area (Å²) in [6.07, 6.45) is 7.45. The summed E-state index contributed by atoms with van der Waals surface area (Å²) in [5.41, 5.74) is 4.54. The lowest BCUT2D eigenvalue weighted by Gasteiger charge is -2.11. The maximum atomic E-state index is 6.45. The van der Waals surface area contributed by atoms with E-state index >= 15 is 0 Å². The molecule has 2 nitrogen and oxygen atoms in total. The highest BCUT2D eigenvalue weighted by molar-refractivity contribution is 7.99. The molecule has 112 valence electrons. The van der Waals surface area contributed by atoms with Crippen LogP contribution in [0.15, 0.2) is 45.6 Å². The fourth-order valence-electron chi connectivity index (χ4n) is 2.35. The van der Waals surface area contributed by atoms with Gasteiger partial charge in [-0.2, -0.15) is 0 Å². The van der Waals surface area contributed by atoms with Crippen molar-refractivity contribution in [3.63, 3.8) is 0 Å². The minimum absolute atomic E-state index is 0.425. The van der Waals surface area contributed by atoms with Gasteiger partial charge in [0.1, 0.15) is 0 Å². The van der Waals surface area contributed by atoms with Crippen molar-refractivity contribution >= 4 is 23.4 Å². The number of hydrogen-bond acceptors (Lipinski definition) is 3. The number of rotatable bonds is 4. The Morgan fingerprint density at radius 1 is 1.24 bits per heavy atom. The van der Waals surface area contributed by atoms with Gasteiger partial charge in [0.15, 0.2) is 5.16 Å². The average molecular weight is 321 g/mol. The van der Waals surface area contributed by atoms with E-state index in [1.54, 1.807) is 11.8 Å². The third-order valence-corrected chi connectivity index (χ3v) is 4.60. The summed E-state index contributed by atoms with van der Waals surface area (Å²) in [5.74, 6) is 1.23. The van der Waals surface area contributed by atoms with Crippen molar-refractivity contribution in [1.82, 2.24) is 9.97 Å². The average Bonchev–Trinajstić information content (AvgIpc) is 2.55. The van der Waals surface area contributed by atoms with E-state index in [4.69, 9.17) is 11.6 Å². The molecule has 0 radical (unpaired) electrons. The number of allylic oxidation sites excluding steroid dienone is 5. The van der Waals surface area contributed by atoms with E-state index in [2.05, 4.69) is 36.0 Å². The van der Waals surface area contributed by atoms with Gasteiger partial charge in [0.05, 0.1) is 0 Å². The Labute approximate surface area is 136 Å². The monoisotopic (exact) mass is 320 g/mol. The summed E-state index contributed by atoms with van der Waals surface area (Å²) in [7, 11) is 0. The molecule has 4 heteroatoms. The van der Waals surface area contributed by atoms with E-state index in [1.165, 1.54) is 11.1 Å². The molecule has 0 saturated carbocycles. The molecule has 0 bridgehead atoms. The standard InChI is InChI=1S/C17H21ClN2S/c1-5-14-8-11(2)6-7-16(18)15(14)10-21-17-19-12(3)9-13(4)20-17/h6-9,11H,5,10H2,1-4H3. The van der Waals surface area contributed by atoms with Crippen molar-refractivity contribution in [2.45, 2.75) is 39.3 Å². The first kappa shape index (κ1) is 16.3. The van der Waals surface area contributed by atoms with E-state index in [1.807, 2.05) is 26.0 Å². The van der Waals surface area contributed by atoms with Gasteiger partial charge in [0.25, 0.3) is 0 Å². The highest BCUT2D eigenvalue weighted by Gasteiger charge is 2.13. The quantitative estimate of drug-likeness (QED) is 0.562. The molecule has 1 aliphatic carbocycles. The summed E-state index contributed by atoms with van der Waals surface area (Å²) in [5, 5.41) is 1.66. The Morgan fingerprint density at radius 2 is 1.90 bits per heavy atom. The van der Waals surface area contributed by atoms with Crippen LogP contribution in [0.4, 0.5) is 0 Å². The second kappa shape index (κ2) is 7.28. The summed E-state index contributed by atoms with van der Waals surface area (Å²) in [6, 6.07) is 1.99. The highest BCUT2D eigenvalue weighted by Crippen LogP contribution is 2.31. The first-order valence-electron chi connectivity index (χ1n) is 7.22. The fourth-order valence-corrected chi connectivity index (χ4v) is 3.72. The molecule has 1 atom stereocenters. The SMILES string of the molecule is CCC1=CC(C)C=CC(Cl)=C1CSc1nc(C)cc(C)n1. The third kappa shape index (κ3) is 4.45. The predicted molar refractivity (Wildman–Crippen MR) is 91.8 cm³/mol.